The zero-order chi connectivity index (χ0) is 15.6. The minimum atomic E-state index is -0.969. The van der Waals surface area contributed by atoms with Gasteiger partial charge in [0.05, 0.1) is 11.8 Å². The number of nitrogens with zero attached hydrogens (tertiary/aromatic N) is 2. The van der Waals surface area contributed by atoms with Crippen LogP contribution >= 0.6 is 0 Å². The highest BCUT2D eigenvalue weighted by molar-refractivity contribution is 5.92. The van der Waals surface area contributed by atoms with Gasteiger partial charge < -0.3 is 15.2 Å². The molecule has 0 aliphatic carbocycles. The van der Waals surface area contributed by atoms with E-state index in [9.17, 15) is 9.90 Å². The van der Waals surface area contributed by atoms with Gasteiger partial charge in [-0.05, 0) is 26.8 Å². The lowest BCUT2D eigenvalue weighted by Gasteiger charge is -2.25. The molecule has 6 nitrogen and oxygen atoms in total. The van der Waals surface area contributed by atoms with Gasteiger partial charge in [0.1, 0.15) is 5.60 Å². The highest BCUT2D eigenvalue weighted by atomic mass is 16.5. The van der Waals surface area contributed by atoms with Crippen molar-refractivity contribution >= 4 is 12.0 Å². The maximum Gasteiger partial charge on any atom is 0.244 e. The van der Waals surface area contributed by atoms with Crippen molar-refractivity contribution in [1.82, 2.24) is 15.1 Å². The van der Waals surface area contributed by atoms with Crippen LogP contribution in [0.15, 0.2) is 6.08 Å². The van der Waals surface area contributed by atoms with E-state index in [1.165, 1.54) is 6.08 Å². The fourth-order valence-corrected chi connectivity index (χ4v) is 2.49. The lowest BCUT2D eigenvalue weighted by molar-refractivity contribution is -0.118. The second-order valence-corrected chi connectivity index (χ2v) is 5.63. The second-order valence-electron chi connectivity index (χ2n) is 5.63. The van der Waals surface area contributed by atoms with Crippen LogP contribution in [0.25, 0.3) is 6.08 Å². The molecule has 1 aromatic rings. The smallest absolute Gasteiger partial charge is 0.244 e. The number of carbonyl (C=O) groups excluding carboxylic acids is 1. The van der Waals surface area contributed by atoms with Crippen molar-refractivity contribution in [2.24, 2.45) is 7.05 Å². The number of rotatable bonds is 4. The largest absolute Gasteiger partial charge is 0.385 e. The van der Waals surface area contributed by atoms with Gasteiger partial charge in [0.15, 0.2) is 0 Å². The molecule has 2 rings (SSSR count). The molecule has 2 atom stereocenters. The van der Waals surface area contributed by atoms with Crippen LogP contribution in [0.2, 0.25) is 0 Å². The van der Waals surface area contributed by atoms with Crippen molar-refractivity contribution < 1.29 is 14.6 Å². The van der Waals surface area contributed by atoms with Gasteiger partial charge in [-0.15, -0.1) is 0 Å². The highest BCUT2D eigenvalue weighted by Crippen LogP contribution is 2.24. The number of amides is 1. The number of hydrogen-bond acceptors (Lipinski definition) is 4. The molecule has 1 fully saturated rings. The zero-order valence-electron chi connectivity index (χ0n) is 13.0. The Kier molecular flexibility index (Phi) is 4.49. The van der Waals surface area contributed by atoms with Crippen molar-refractivity contribution in [2.45, 2.75) is 38.9 Å². The Morgan fingerprint density at radius 3 is 2.86 bits per heavy atom. The van der Waals surface area contributed by atoms with Crippen molar-refractivity contribution in [3.05, 3.63) is 23.0 Å². The number of aromatic nitrogens is 2. The van der Waals surface area contributed by atoms with Crippen molar-refractivity contribution in [3.8, 4) is 0 Å². The molecule has 1 saturated heterocycles. The molecule has 1 amide bonds. The number of aryl methyl sites for hydroxylation is 2. The maximum atomic E-state index is 11.9. The van der Waals surface area contributed by atoms with Gasteiger partial charge in [-0.1, -0.05) is 0 Å². The second kappa shape index (κ2) is 5.99. The predicted molar refractivity (Wildman–Crippen MR) is 79.7 cm³/mol. The summed E-state index contributed by atoms with van der Waals surface area (Å²) in [6.45, 7) is 6.40. The molecule has 2 N–H and O–H groups in total. The molecule has 0 saturated carbocycles. The topological polar surface area (TPSA) is 76.4 Å². The molecule has 0 bridgehead atoms. The Hall–Kier alpha value is -1.66. The first-order valence-electron chi connectivity index (χ1n) is 7.13. The van der Waals surface area contributed by atoms with Crippen LogP contribution in [0.1, 0.15) is 30.3 Å². The lowest BCUT2D eigenvalue weighted by atomic mass is 9.97. The Labute approximate surface area is 124 Å². The van der Waals surface area contributed by atoms with Gasteiger partial charge in [-0.25, -0.2) is 0 Å². The Morgan fingerprint density at radius 2 is 2.33 bits per heavy atom. The quantitative estimate of drug-likeness (QED) is 0.802. The van der Waals surface area contributed by atoms with E-state index < -0.39 is 5.60 Å². The first-order valence-corrected chi connectivity index (χ1v) is 7.13. The molecule has 1 aliphatic rings. The zero-order valence-corrected chi connectivity index (χ0v) is 13.0. The SMILES string of the molecule is Cc1nn(C)c(C)c1/C=C/C(=O)NCC1(O)CCOC1C. The molecular weight excluding hydrogens is 270 g/mol. The van der Waals surface area contributed by atoms with E-state index in [-0.39, 0.29) is 18.6 Å². The number of nitrogens with one attached hydrogen (secondary N) is 1. The van der Waals surface area contributed by atoms with Crippen molar-refractivity contribution in [3.63, 3.8) is 0 Å². The van der Waals surface area contributed by atoms with Crippen LogP contribution in [0.5, 0.6) is 0 Å². The number of ether oxygens (including phenoxy) is 1. The monoisotopic (exact) mass is 293 g/mol. The third-order valence-electron chi connectivity index (χ3n) is 4.19. The third kappa shape index (κ3) is 3.33. The van der Waals surface area contributed by atoms with Crippen LogP contribution in [0.3, 0.4) is 0 Å². The van der Waals surface area contributed by atoms with Crippen LogP contribution in [0, 0.1) is 13.8 Å². The third-order valence-corrected chi connectivity index (χ3v) is 4.19. The fraction of sp³-hybridized carbons (Fsp3) is 0.600. The summed E-state index contributed by atoms with van der Waals surface area (Å²) < 4.78 is 7.12. The van der Waals surface area contributed by atoms with E-state index >= 15 is 0 Å². The average Bonchev–Trinajstić information content (AvgIpc) is 2.88. The maximum absolute atomic E-state index is 11.9. The van der Waals surface area contributed by atoms with E-state index in [4.69, 9.17) is 4.74 Å². The van der Waals surface area contributed by atoms with Crippen LogP contribution in [-0.2, 0) is 16.6 Å². The van der Waals surface area contributed by atoms with Crippen molar-refractivity contribution in [2.75, 3.05) is 13.2 Å². The van der Waals surface area contributed by atoms with Gasteiger partial charge >= 0.3 is 0 Å². The highest BCUT2D eigenvalue weighted by Gasteiger charge is 2.39. The van der Waals surface area contributed by atoms with Gasteiger partial charge in [-0.2, -0.15) is 5.10 Å². The normalized spacial score (nSPS) is 25.7. The fourth-order valence-electron chi connectivity index (χ4n) is 2.49. The number of carbonyl (C=O) groups is 1. The summed E-state index contributed by atoms with van der Waals surface area (Å²) in [6.07, 6.45) is 3.51. The molecule has 6 heteroatoms. The Bertz CT molecular complexity index is 565. The van der Waals surface area contributed by atoms with Crippen molar-refractivity contribution in [1.29, 1.82) is 0 Å². The summed E-state index contributed by atoms with van der Waals surface area (Å²) in [6, 6.07) is 0. The molecule has 0 aromatic carbocycles. The van der Waals surface area contributed by atoms with Crippen LogP contribution in [-0.4, -0.2) is 45.7 Å². The molecule has 21 heavy (non-hydrogen) atoms. The number of aliphatic hydroxyl groups is 1. The molecular formula is C15H23N3O3. The minimum absolute atomic E-state index is 0.197. The standard InChI is InChI=1S/C15H23N3O3/c1-10-13(11(2)18(4)17-10)5-6-14(19)16-9-15(20)7-8-21-12(15)3/h5-6,12,20H,7-9H2,1-4H3,(H,16,19)/b6-5+. The molecule has 2 heterocycles. The summed E-state index contributed by atoms with van der Waals surface area (Å²) >= 11 is 0. The average molecular weight is 293 g/mol. The van der Waals surface area contributed by atoms with E-state index in [1.807, 2.05) is 27.8 Å². The van der Waals surface area contributed by atoms with Crippen LogP contribution in [0.4, 0.5) is 0 Å². The van der Waals surface area contributed by atoms with Gasteiger partial charge in [0.25, 0.3) is 0 Å². The predicted octanol–water partition coefficient (Wildman–Crippen LogP) is 0.706. The minimum Gasteiger partial charge on any atom is -0.385 e. The molecule has 116 valence electrons. The number of hydrogen-bond donors (Lipinski definition) is 2. The summed E-state index contributed by atoms with van der Waals surface area (Å²) in [5, 5.41) is 17.3. The lowest BCUT2D eigenvalue weighted by Crippen LogP contribution is -2.47. The first kappa shape index (κ1) is 15.7. The van der Waals surface area contributed by atoms with E-state index in [2.05, 4.69) is 10.4 Å². The van der Waals surface area contributed by atoms with Gasteiger partial charge in [-0.3, -0.25) is 9.48 Å². The van der Waals surface area contributed by atoms with E-state index in [0.717, 1.165) is 17.0 Å². The van der Waals surface area contributed by atoms with Gasteiger partial charge in [0, 0.05) is 44.0 Å². The van der Waals surface area contributed by atoms with Gasteiger partial charge in [0.2, 0.25) is 5.91 Å². The summed E-state index contributed by atoms with van der Waals surface area (Å²) in [7, 11) is 1.87. The molecule has 2 unspecified atom stereocenters. The van der Waals surface area contributed by atoms with E-state index in [0.29, 0.717) is 13.0 Å². The Balaban J connectivity index is 1.94. The summed E-state index contributed by atoms with van der Waals surface area (Å²) in [5.74, 6) is -0.231. The summed E-state index contributed by atoms with van der Waals surface area (Å²) in [4.78, 5) is 11.9. The molecule has 1 aromatic heterocycles. The van der Waals surface area contributed by atoms with Crippen LogP contribution < -0.4 is 5.32 Å². The van der Waals surface area contributed by atoms with E-state index in [1.54, 1.807) is 10.8 Å². The first-order chi connectivity index (χ1) is 9.83. The summed E-state index contributed by atoms with van der Waals surface area (Å²) in [5.41, 5.74) is 1.87. The Morgan fingerprint density at radius 1 is 1.62 bits per heavy atom. The molecule has 0 radical (unpaired) electrons. The molecule has 1 aliphatic heterocycles. The molecule has 0 spiro atoms.